The average molecular weight is 213 g/mol. The summed E-state index contributed by atoms with van der Waals surface area (Å²) in [4.78, 5) is 8.42. The van der Waals surface area contributed by atoms with E-state index in [9.17, 15) is 0 Å². The van der Waals surface area contributed by atoms with E-state index in [4.69, 9.17) is 0 Å². The fourth-order valence-corrected chi connectivity index (χ4v) is 1.55. The molecule has 1 aromatic heterocycles. The predicted octanol–water partition coefficient (Wildman–Crippen LogP) is 2.44. The van der Waals surface area contributed by atoms with E-state index in [0.717, 1.165) is 24.5 Å². The number of rotatable bonds is 4. The second-order valence-corrected chi connectivity index (χ2v) is 3.65. The lowest BCUT2D eigenvalue weighted by atomic mass is 10.1. The van der Waals surface area contributed by atoms with Crippen LogP contribution in [0.1, 0.15) is 11.3 Å². The maximum absolute atomic E-state index is 4.24. The Kier molecular flexibility index (Phi) is 3.49. The van der Waals surface area contributed by atoms with Crippen LogP contribution < -0.4 is 5.32 Å². The molecular weight excluding hydrogens is 198 g/mol. The van der Waals surface area contributed by atoms with E-state index < -0.39 is 0 Å². The fraction of sp³-hybridized carbons (Fsp3) is 0.231. The molecule has 0 amide bonds. The molecule has 0 spiro atoms. The average Bonchev–Trinajstić information content (AvgIpc) is 2.33. The molecule has 0 saturated heterocycles. The van der Waals surface area contributed by atoms with Gasteiger partial charge in [-0.25, -0.2) is 4.98 Å². The highest BCUT2D eigenvalue weighted by Crippen LogP contribution is 2.06. The number of anilines is 1. The minimum Gasteiger partial charge on any atom is -0.368 e. The van der Waals surface area contributed by atoms with E-state index in [0.29, 0.717) is 0 Å². The van der Waals surface area contributed by atoms with E-state index in [1.807, 2.05) is 13.0 Å². The summed E-state index contributed by atoms with van der Waals surface area (Å²) in [5.41, 5.74) is 2.27. The summed E-state index contributed by atoms with van der Waals surface area (Å²) in [5.74, 6) is 0.874. The lowest BCUT2D eigenvalue weighted by molar-refractivity contribution is 0.987. The monoisotopic (exact) mass is 213 g/mol. The third-order valence-electron chi connectivity index (χ3n) is 2.43. The van der Waals surface area contributed by atoms with Crippen molar-refractivity contribution in [3.63, 3.8) is 0 Å². The molecule has 0 aliphatic carbocycles. The second kappa shape index (κ2) is 5.26. The molecule has 16 heavy (non-hydrogen) atoms. The highest BCUT2D eigenvalue weighted by molar-refractivity contribution is 5.38. The predicted molar refractivity (Wildman–Crippen MR) is 65.4 cm³/mol. The Morgan fingerprint density at radius 2 is 1.81 bits per heavy atom. The molecule has 0 aliphatic rings. The van der Waals surface area contributed by atoms with Gasteiger partial charge in [0.15, 0.2) is 0 Å². The second-order valence-electron chi connectivity index (χ2n) is 3.65. The maximum atomic E-state index is 4.24. The van der Waals surface area contributed by atoms with Crippen LogP contribution in [0.25, 0.3) is 0 Å². The molecule has 3 heteroatoms. The van der Waals surface area contributed by atoms with Gasteiger partial charge >= 0.3 is 0 Å². The van der Waals surface area contributed by atoms with Gasteiger partial charge < -0.3 is 5.32 Å². The zero-order valence-electron chi connectivity index (χ0n) is 9.35. The Morgan fingerprint density at radius 1 is 1.06 bits per heavy atom. The van der Waals surface area contributed by atoms with Crippen molar-refractivity contribution in [3.8, 4) is 0 Å². The molecule has 0 radical (unpaired) electrons. The van der Waals surface area contributed by atoms with Crippen LogP contribution in [0.15, 0.2) is 42.7 Å². The first-order valence-corrected chi connectivity index (χ1v) is 5.41. The first-order valence-electron chi connectivity index (χ1n) is 5.41. The molecule has 1 aromatic carbocycles. The quantitative estimate of drug-likeness (QED) is 0.847. The van der Waals surface area contributed by atoms with Crippen molar-refractivity contribution in [2.75, 3.05) is 11.9 Å². The molecule has 0 aliphatic heterocycles. The van der Waals surface area contributed by atoms with Crippen LogP contribution in [0.2, 0.25) is 0 Å². The minimum atomic E-state index is 0.874. The van der Waals surface area contributed by atoms with Gasteiger partial charge in [-0.3, -0.25) is 4.98 Å². The zero-order chi connectivity index (χ0) is 11.2. The van der Waals surface area contributed by atoms with Gasteiger partial charge in [0.05, 0.1) is 5.69 Å². The summed E-state index contributed by atoms with van der Waals surface area (Å²) < 4.78 is 0. The van der Waals surface area contributed by atoms with Crippen LogP contribution >= 0.6 is 0 Å². The number of nitrogens with zero attached hydrogens (tertiary/aromatic N) is 2. The van der Waals surface area contributed by atoms with Crippen molar-refractivity contribution in [1.82, 2.24) is 9.97 Å². The van der Waals surface area contributed by atoms with Crippen molar-refractivity contribution in [3.05, 3.63) is 54.0 Å². The number of aromatic nitrogens is 2. The van der Waals surface area contributed by atoms with Gasteiger partial charge in [0.2, 0.25) is 0 Å². The van der Waals surface area contributed by atoms with Crippen LogP contribution in [0.3, 0.4) is 0 Å². The largest absolute Gasteiger partial charge is 0.368 e. The van der Waals surface area contributed by atoms with Crippen molar-refractivity contribution < 1.29 is 0 Å². The standard InChI is InChI=1S/C13H15N3/c1-11-13(16-10-9-14-11)15-8-7-12-5-3-2-4-6-12/h2-6,9-10H,7-8H2,1H3,(H,15,16). The van der Waals surface area contributed by atoms with Gasteiger partial charge in [-0.15, -0.1) is 0 Å². The lowest BCUT2D eigenvalue weighted by Gasteiger charge is -2.06. The number of aryl methyl sites for hydroxylation is 1. The number of hydrogen-bond acceptors (Lipinski definition) is 3. The van der Waals surface area contributed by atoms with Crippen molar-refractivity contribution >= 4 is 5.82 Å². The molecule has 0 unspecified atom stereocenters. The van der Waals surface area contributed by atoms with E-state index in [2.05, 4.69) is 39.6 Å². The number of hydrogen-bond donors (Lipinski definition) is 1. The first-order chi connectivity index (χ1) is 7.86. The lowest BCUT2D eigenvalue weighted by Crippen LogP contribution is -2.08. The minimum absolute atomic E-state index is 0.874. The summed E-state index contributed by atoms with van der Waals surface area (Å²) >= 11 is 0. The van der Waals surface area contributed by atoms with Gasteiger partial charge in [-0.05, 0) is 18.9 Å². The summed E-state index contributed by atoms with van der Waals surface area (Å²) in [6.07, 6.45) is 4.41. The fourth-order valence-electron chi connectivity index (χ4n) is 1.55. The normalized spacial score (nSPS) is 10.1. The smallest absolute Gasteiger partial charge is 0.147 e. The summed E-state index contributed by atoms with van der Waals surface area (Å²) in [6, 6.07) is 10.4. The van der Waals surface area contributed by atoms with Crippen LogP contribution in [-0.2, 0) is 6.42 Å². The molecule has 0 fully saturated rings. The first kappa shape index (κ1) is 10.6. The van der Waals surface area contributed by atoms with Crippen LogP contribution in [0.4, 0.5) is 5.82 Å². The summed E-state index contributed by atoms with van der Waals surface area (Å²) in [6.45, 7) is 2.83. The molecule has 2 rings (SSSR count). The molecule has 0 saturated carbocycles. The molecule has 2 aromatic rings. The topological polar surface area (TPSA) is 37.8 Å². The van der Waals surface area contributed by atoms with Crippen LogP contribution in [0.5, 0.6) is 0 Å². The zero-order valence-corrected chi connectivity index (χ0v) is 9.35. The molecular formula is C13H15N3. The van der Waals surface area contributed by atoms with E-state index in [1.165, 1.54) is 5.56 Å². The van der Waals surface area contributed by atoms with Gasteiger partial charge in [0.1, 0.15) is 5.82 Å². The molecule has 3 nitrogen and oxygen atoms in total. The van der Waals surface area contributed by atoms with Gasteiger partial charge in [0.25, 0.3) is 0 Å². The molecule has 0 bridgehead atoms. The number of benzene rings is 1. The maximum Gasteiger partial charge on any atom is 0.147 e. The van der Waals surface area contributed by atoms with E-state index in [-0.39, 0.29) is 0 Å². The molecule has 1 heterocycles. The third kappa shape index (κ3) is 2.79. The van der Waals surface area contributed by atoms with E-state index in [1.54, 1.807) is 12.4 Å². The van der Waals surface area contributed by atoms with Gasteiger partial charge in [-0.1, -0.05) is 30.3 Å². The third-order valence-corrected chi connectivity index (χ3v) is 2.43. The van der Waals surface area contributed by atoms with E-state index >= 15 is 0 Å². The van der Waals surface area contributed by atoms with Crippen molar-refractivity contribution in [1.29, 1.82) is 0 Å². The Balaban J connectivity index is 1.87. The Labute approximate surface area is 95.6 Å². The highest BCUT2D eigenvalue weighted by Gasteiger charge is 1.98. The Hall–Kier alpha value is -1.90. The molecule has 1 N–H and O–H groups in total. The summed E-state index contributed by atoms with van der Waals surface area (Å²) in [7, 11) is 0. The summed E-state index contributed by atoms with van der Waals surface area (Å²) in [5, 5.41) is 3.29. The Morgan fingerprint density at radius 3 is 2.56 bits per heavy atom. The highest BCUT2D eigenvalue weighted by atomic mass is 15.0. The van der Waals surface area contributed by atoms with Crippen molar-refractivity contribution in [2.45, 2.75) is 13.3 Å². The van der Waals surface area contributed by atoms with Crippen molar-refractivity contribution in [2.24, 2.45) is 0 Å². The Bertz CT molecular complexity index is 440. The van der Waals surface area contributed by atoms with Gasteiger partial charge in [0, 0.05) is 18.9 Å². The number of nitrogens with one attached hydrogen (secondary N) is 1. The van der Waals surface area contributed by atoms with Crippen LogP contribution in [-0.4, -0.2) is 16.5 Å². The molecule has 82 valence electrons. The van der Waals surface area contributed by atoms with Crippen LogP contribution in [0, 0.1) is 6.92 Å². The molecule has 0 atom stereocenters. The van der Waals surface area contributed by atoms with Gasteiger partial charge in [-0.2, -0.15) is 0 Å². The SMILES string of the molecule is Cc1nccnc1NCCc1ccccc1.